The Morgan fingerprint density at radius 2 is 2.07 bits per heavy atom. The fourth-order valence-electron chi connectivity index (χ4n) is 1.28. The van der Waals surface area contributed by atoms with Crippen LogP contribution >= 0.6 is 7.82 Å². The molecule has 8 nitrogen and oxygen atoms in total. The molecule has 1 aliphatic heterocycles. The van der Waals surface area contributed by atoms with E-state index in [-0.39, 0.29) is 6.42 Å². The Morgan fingerprint density at radius 3 is 2.47 bits per heavy atom. The monoisotopic (exact) mass is 244 g/mol. The molecular formula is C6H13O8P. The molecule has 0 spiro atoms. The lowest BCUT2D eigenvalue weighted by molar-refractivity contribution is -0.136. The summed E-state index contributed by atoms with van der Waals surface area (Å²) in [6, 6.07) is 0. The van der Waals surface area contributed by atoms with Crippen LogP contribution in [0.1, 0.15) is 6.42 Å². The van der Waals surface area contributed by atoms with Gasteiger partial charge >= 0.3 is 7.82 Å². The highest BCUT2D eigenvalue weighted by Gasteiger charge is 2.38. The van der Waals surface area contributed by atoms with Gasteiger partial charge in [-0.05, 0) is 0 Å². The average Bonchev–Trinajstić information content (AvgIpc) is 2.40. The Balaban J connectivity index is 2.40. The van der Waals surface area contributed by atoms with Crippen LogP contribution in [0.5, 0.6) is 0 Å². The molecule has 90 valence electrons. The zero-order valence-electron chi connectivity index (χ0n) is 7.63. The lowest BCUT2D eigenvalue weighted by atomic mass is 10.1. The van der Waals surface area contributed by atoms with Gasteiger partial charge in [0.25, 0.3) is 0 Å². The van der Waals surface area contributed by atoms with E-state index in [9.17, 15) is 14.8 Å². The van der Waals surface area contributed by atoms with Crippen molar-refractivity contribution in [3.8, 4) is 0 Å². The fraction of sp³-hybridized carbons (Fsp3) is 1.00. The molecule has 1 fully saturated rings. The van der Waals surface area contributed by atoms with Gasteiger partial charge in [-0.2, -0.15) is 0 Å². The van der Waals surface area contributed by atoms with Crippen LogP contribution in [0.2, 0.25) is 0 Å². The first-order chi connectivity index (χ1) is 6.79. The fourth-order valence-corrected chi connectivity index (χ4v) is 1.63. The first-order valence-corrected chi connectivity index (χ1v) is 5.72. The quantitative estimate of drug-likeness (QED) is 0.355. The standard InChI is InChI=1S/C6H13O8P/c7-3-1-5(9)14-6(3)4(8)2-13-15(10,11)12/h3-9H,1-2H2,(H2,10,11,12)/t3-,4-,5-,6-/m1/s1. The Kier molecular flexibility index (Phi) is 4.21. The van der Waals surface area contributed by atoms with E-state index in [1.807, 2.05) is 0 Å². The average molecular weight is 244 g/mol. The van der Waals surface area contributed by atoms with Crippen molar-refractivity contribution < 1.29 is 38.9 Å². The van der Waals surface area contributed by atoms with Gasteiger partial charge in [0.15, 0.2) is 6.29 Å². The number of aliphatic hydroxyl groups is 3. The lowest BCUT2D eigenvalue weighted by Gasteiger charge is -2.20. The van der Waals surface area contributed by atoms with E-state index in [1.165, 1.54) is 0 Å². The Labute approximate surface area is 85.3 Å². The van der Waals surface area contributed by atoms with Crippen molar-refractivity contribution in [1.29, 1.82) is 0 Å². The van der Waals surface area contributed by atoms with Gasteiger partial charge in [-0.1, -0.05) is 0 Å². The highest BCUT2D eigenvalue weighted by molar-refractivity contribution is 7.46. The Bertz CT molecular complexity index is 252. The first kappa shape index (κ1) is 13.0. The molecule has 0 radical (unpaired) electrons. The number of hydrogen-bond acceptors (Lipinski definition) is 6. The SMILES string of the molecule is O=P(O)(O)OC[C@@H](O)[C@@H]1O[C@@H](O)C[C@H]1O. The molecule has 9 heteroatoms. The maximum Gasteiger partial charge on any atom is 0.469 e. The molecule has 15 heavy (non-hydrogen) atoms. The smallest absolute Gasteiger partial charge is 0.390 e. The number of ether oxygens (including phenoxy) is 1. The first-order valence-electron chi connectivity index (χ1n) is 4.19. The molecule has 1 saturated heterocycles. The van der Waals surface area contributed by atoms with Crippen LogP contribution in [0.25, 0.3) is 0 Å². The second-order valence-electron chi connectivity index (χ2n) is 3.21. The maximum absolute atomic E-state index is 10.3. The van der Waals surface area contributed by atoms with Crippen molar-refractivity contribution in [2.24, 2.45) is 0 Å². The largest absolute Gasteiger partial charge is 0.469 e. The number of phosphoric acid groups is 1. The van der Waals surface area contributed by atoms with Gasteiger partial charge in [0.1, 0.15) is 12.2 Å². The minimum Gasteiger partial charge on any atom is -0.390 e. The van der Waals surface area contributed by atoms with E-state index in [0.29, 0.717) is 0 Å². The number of hydrogen-bond donors (Lipinski definition) is 5. The molecule has 0 aromatic rings. The summed E-state index contributed by atoms with van der Waals surface area (Å²) in [7, 11) is -4.65. The van der Waals surface area contributed by atoms with Gasteiger partial charge in [-0.15, -0.1) is 0 Å². The maximum atomic E-state index is 10.3. The molecule has 4 atom stereocenters. The summed E-state index contributed by atoms with van der Waals surface area (Å²) in [6.07, 6.45) is -4.85. The molecule has 5 N–H and O–H groups in total. The van der Waals surface area contributed by atoms with Crippen LogP contribution in [0.15, 0.2) is 0 Å². The molecule has 0 aliphatic carbocycles. The van der Waals surface area contributed by atoms with Crippen LogP contribution in [-0.2, 0) is 13.8 Å². The van der Waals surface area contributed by atoms with Crippen molar-refractivity contribution in [1.82, 2.24) is 0 Å². The highest BCUT2D eigenvalue weighted by atomic mass is 31.2. The van der Waals surface area contributed by atoms with Crippen molar-refractivity contribution >= 4 is 7.82 Å². The number of phosphoric ester groups is 1. The molecule has 1 heterocycles. The molecule has 0 saturated carbocycles. The van der Waals surface area contributed by atoms with Crippen LogP contribution < -0.4 is 0 Å². The van der Waals surface area contributed by atoms with Gasteiger partial charge in [0, 0.05) is 6.42 Å². The van der Waals surface area contributed by atoms with E-state index >= 15 is 0 Å². The predicted octanol–water partition coefficient (Wildman–Crippen LogP) is -2.08. The van der Waals surface area contributed by atoms with E-state index in [2.05, 4.69) is 4.52 Å². The third kappa shape index (κ3) is 4.13. The third-order valence-corrected chi connectivity index (χ3v) is 2.41. The van der Waals surface area contributed by atoms with Gasteiger partial charge < -0.3 is 29.8 Å². The zero-order valence-corrected chi connectivity index (χ0v) is 8.53. The Hall–Kier alpha value is -0.0500. The van der Waals surface area contributed by atoms with E-state index in [0.717, 1.165) is 0 Å². The van der Waals surface area contributed by atoms with Gasteiger partial charge in [-0.3, -0.25) is 4.52 Å². The minimum atomic E-state index is -4.65. The molecule has 1 rings (SSSR count). The summed E-state index contributed by atoms with van der Waals surface area (Å²) < 4.78 is 19.1. The van der Waals surface area contributed by atoms with Gasteiger partial charge in [0.05, 0.1) is 12.7 Å². The van der Waals surface area contributed by atoms with E-state index in [1.54, 1.807) is 0 Å². The summed E-state index contributed by atoms with van der Waals surface area (Å²) in [5, 5.41) is 27.6. The van der Waals surface area contributed by atoms with Crippen molar-refractivity contribution in [3.63, 3.8) is 0 Å². The summed E-state index contributed by atoms with van der Waals surface area (Å²) >= 11 is 0. The van der Waals surface area contributed by atoms with Crippen molar-refractivity contribution in [2.45, 2.75) is 31.0 Å². The molecule has 0 aromatic carbocycles. The normalized spacial score (nSPS) is 34.3. The van der Waals surface area contributed by atoms with Gasteiger partial charge in [0.2, 0.25) is 0 Å². The topological polar surface area (TPSA) is 137 Å². The molecule has 0 unspecified atom stereocenters. The van der Waals surface area contributed by atoms with E-state index < -0.39 is 39.0 Å². The van der Waals surface area contributed by atoms with Crippen LogP contribution in [0, 0.1) is 0 Å². The van der Waals surface area contributed by atoms with Gasteiger partial charge in [-0.25, -0.2) is 4.57 Å². The number of rotatable bonds is 4. The predicted molar refractivity (Wildman–Crippen MR) is 45.5 cm³/mol. The van der Waals surface area contributed by atoms with Crippen LogP contribution in [0.3, 0.4) is 0 Å². The second kappa shape index (κ2) is 4.86. The third-order valence-electron chi connectivity index (χ3n) is 1.93. The second-order valence-corrected chi connectivity index (χ2v) is 4.45. The minimum absolute atomic E-state index is 0.0579. The van der Waals surface area contributed by atoms with Crippen molar-refractivity contribution in [2.75, 3.05) is 6.61 Å². The zero-order chi connectivity index (χ0) is 11.6. The van der Waals surface area contributed by atoms with Crippen LogP contribution in [0.4, 0.5) is 0 Å². The summed E-state index contributed by atoms with van der Waals surface area (Å²) in [6.45, 7) is -0.682. The van der Waals surface area contributed by atoms with E-state index in [4.69, 9.17) is 19.6 Å². The summed E-state index contributed by atoms with van der Waals surface area (Å²) in [4.78, 5) is 16.7. The molecule has 0 bridgehead atoms. The highest BCUT2D eigenvalue weighted by Crippen LogP contribution is 2.36. The summed E-state index contributed by atoms with van der Waals surface area (Å²) in [5.74, 6) is 0. The Morgan fingerprint density at radius 1 is 1.47 bits per heavy atom. The van der Waals surface area contributed by atoms with Crippen LogP contribution in [-0.4, -0.2) is 56.3 Å². The molecule has 0 aromatic heterocycles. The number of aliphatic hydroxyl groups excluding tert-OH is 3. The molecule has 0 amide bonds. The lowest BCUT2D eigenvalue weighted by Crippen LogP contribution is -2.37. The molecular weight excluding hydrogens is 231 g/mol. The molecule has 1 aliphatic rings. The summed E-state index contributed by atoms with van der Waals surface area (Å²) in [5.41, 5.74) is 0. The van der Waals surface area contributed by atoms with Crippen molar-refractivity contribution in [3.05, 3.63) is 0 Å².